The first-order valence-electron chi connectivity index (χ1n) is 20.5. The van der Waals surface area contributed by atoms with Crippen LogP contribution in [-0.2, 0) is 103 Å². The minimum atomic E-state index is -5.63. The Morgan fingerprint density at radius 3 is 1.10 bits per heavy atom. The third kappa shape index (κ3) is 17.3. The predicted molar refractivity (Wildman–Crippen MR) is 218 cm³/mol. The van der Waals surface area contributed by atoms with Gasteiger partial charge in [0.2, 0.25) is 0 Å². The summed E-state index contributed by atoms with van der Waals surface area (Å²) in [5.74, 6) is -5.97. The average Bonchev–Trinajstić information content (AvgIpc) is 3.23. The van der Waals surface area contributed by atoms with Gasteiger partial charge in [-0.3, -0.25) is 46.9 Å². The topological polar surface area (TPSA) is 453 Å². The molecule has 0 amide bonds. The van der Waals surface area contributed by atoms with E-state index < -0.39 is 157 Å². The summed E-state index contributed by atoms with van der Waals surface area (Å²) in [6.45, 7) is 6.60. The summed E-state index contributed by atoms with van der Waals surface area (Å²) in [6.07, 6.45) is -20.7. The number of phosphoric acid groups is 2. The van der Waals surface area contributed by atoms with Crippen LogP contribution in [0.15, 0.2) is 15.3 Å². The zero-order valence-corrected chi connectivity index (χ0v) is 39.8. The quantitative estimate of drug-likeness (QED) is 0.0371. The zero-order chi connectivity index (χ0) is 51.8. The molecule has 0 bridgehead atoms. The lowest BCUT2D eigenvalue weighted by molar-refractivity contribution is -0.273. The summed E-state index contributed by atoms with van der Waals surface area (Å²) >= 11 is 0. The van der Waals surface area contributed by atoms with Crippen molar-refractivity contribution in [1.29, 1.82) is 0 Å². The fourth-order valence-electron chi connectivity index (χ4n) is 7.00. The Morgan fingerprint density at radius 2 is 0.797 bits per heavy atom. The fraction of sp³-hybridized carbons (Fsp3) is 0.824. The Kier molecular flexibility index (Phi) is 22.5. The number of hydrogen-bond acceptors (Lipinski definition) is 25. The molecular weight excluding hydrogens is 980 g/mol. The molecule has 35 heteroatoms. The van der Waals surface area contributed by atoms with E-state index in [9.17, 15) is 64.3 Å². The lowest BCUT2D eigenvalue weighted by Gasteiger charge is -2.44. The van der Waals surface area contributed by atoms with Crippen LogP contribution >= 0.6 is 15.6 Å². The minimum Gasteiger partial charge on any atom is -0.458 e. The number of hydrogen-bond donors (Lipinski definition) is 2. The normalized spacial score (nSPS) is 32.6. The van der Waals surface area contributed by atoms with Crippen LogP contribution in [0.3, 0.4) is 0 Å². The van der Waals surface area contributed by atoms with E-state index in [1.165, 1.54) is 6.92 Å². The summed E-state index contributed by atoms with van der Waals surface area (Å²) < 4.78 is 103. The maximum absolute atomic E-state index is 13.7. The van der Waals surface area contributed by atoms with Gasteiger partial charge in [0.25, 0.3) is 0 Å². The molecule has 3 fully saturated rings. The van der Waals surface area contributed by atoms with Crippen LogP contribution in [0.1, 0.15) is 68.2 Å². The lowest BCUT2D eigenvalue weighted by atomic mass is 9.95. The second-order valence-electron chi connectivity index (χ2n) is 14.7. The molecule has 0 spiro atoms. The molecule has 0 radical (unpaired) electrons. The minimum absolute atomic E-state index is 0.000142. The van der Waals surface area contributed by atoms with Crippen LogP contribution in [-0.4, -0.2) is 157 Å². The van der Waals surface area contributed by atoms with Crippen molar-refractivity contribution in [2.75, 3.05) is 19.8 Å². The van der Waals surface area contributed by atoms with Crippen LogP contribution < -0.4 is 0 Å². The summed E-state index contributed by atoms with van der Waals surface area (Å²) in [5.41, 5.74) is 28.1. The van der Waals surface area contributed by atoms with Crippen molar-refractivity contribution in [3.05, 3.63) is 31.3 Å². The second kappa shape index (κ2) is 26.7. The van der Waals surface area contributed by atoms with E-state index >= 15 is 0 Å². The monoisotopic (exact) mass is 1030 g/mol. The highest BCUT2D eigenvalue weighted by atomic mass is 31.2. The largest absolute Gasteiger partial charge is 0.474 e. The number of ether oxygens (including phenoxy) is 10. The molecule has 3 aliphatic rings. The van der Waals surface area contributed by atoms with Gasteiger partial charge >= 0.3 is 51.5 Å². The van der Waals surface area contributed by atoms with E-state index in [0.29, 0.717) is 6.42 Å². The van der Waals surface area contributed by atoms with Crippen molar-refractivity contribution < 1.29 is 113 Å². The van der Waals surface area contributed by atoms with Crippen molar-refractivity contribution in [2.24, 2.45) is 15.3 Å². The van der Waals surface area contributed by atoms with Gasteiger partial charge in [-0.25, -0.2) is 9.13 Å². The van der Waals surface area contributed by atoms with Crippen LogP contribution in [0.5, 0.6) is 0 Å². The lowest BCUT2D eigenvalue weighted by Crippen LogP contribution is -2.61. The third-order valence-corrected chi connectivity index (χ3v) is 11.3. The standard InChI is InChI=1S/C34H51N9O24P2/c1-9-11-54-32-23(38-41-35)29(60-17(6)47)27(58-15(4)45)21(64-32)12-55-69(52,53)67-34-25(40-43-37)31(62-19(8)49)28(59-16(5)46)22(65-34)13-56-68(50,51)66-33-24(39-42-36)30(61-18(7)48)26(57-14(3)44)20(10-2)63-33/h20-34H,9-13H2,1-8H3,(H,50,51)(H,52,53)/t20?,21?,22?,23?,24?,25?,26-,27-,28-,29+,30+,31+,32+,33-,34-/m0/s1. The molecule has 3 aliphatic heterocycles. The Hall–Kier alpha value is -5.19. The SMILES string of the molecule is CCCO[C@@H]1OC(COP(=O)(O)O[C@@H]2OC(COP(=O)(O)O[C@@H]3OC(CC)[C@H](OC(C)=O)[C@H](OC(C)=O)C3N=[N+]=[N-])[C@H](OC(C)=O)[C@H](OC(C)=O)C2N=[N+]=[N-])[C@H](OC(C)=O)[C@H](OC(C)=O)C1N=[N+]=[N-]. The second-order valence-corrected chi connectivity index (χ2v) is 17.5. The molecule has 3 rings (SSSR count). The van der Waals surface area contributed by atoms with Crippen molar-refractivity contribution in [3.8, 4) is 0 Å². The Bertz CT molecular complexity index is 2110. The van der Waals surface area contributed by atoms with Gasteiger partial charge in [-0.15, -0.1) is 0 Å². The molecule has 0 aromatic heterocycles. The molecule has 0 aromatic carbocycles. The number of rotatable bonds is 23. The molecule has 8 unspecified atom stereocenters. The maximum atomic E-state index is 13.7. The molecule has 33 nitrogen and oxygen atoms in total. The molecule has 386 valence electrons. The first-order valence-corrected chi connectivity index (χ1v) is 23.5. The van der Waals surface area contributed by atoms with Gasteiger partial charge in [0.05, 0.1) is 13.2 Å². The van der Waals surface area contributed by atoms with Crippen LogP contribution in [0.25, 0.3) is 31.3 Å². The summed E-state index contributed by atoms with van der Waals surface area (Å²) in [6, 6.07) is -5.33. The molecule has 2 N–H and O–H groups in total. The third-order valence-electron chi connectivity index (χ3n) is 9.38. The molecule has 0 aromatic rings. The first kappa shape index (κ1) is 58.1. The van der Waals surface area contributed by atoms with Gasteiger partial charge in [-0.1, -0.05) is 29.2 Å². The van der Waals surface area contributed by atoms with E-state index in [-0.39, 0.29) is 13.0 Å². The molecule has 69 heavy (non-hydrogen) atoms. The van der Waals surface area contributed by atoms with Crippen molar-refractivity contribution in [2.45, 2.75) is 160 Å². The zero-order valence-electron chi connectivity index (χ0n) is 38.0. The van der Waals surface area contributed by atoms with Crippen LogP contribution in [0.2, 0.25) is 0 Å². The highest BCUT2D eigenvalue weighted by Crippen LogP contribution is 2.50. The number of nitrogens with zero attached hydrogens (tertiary/aromatic N) is 9. The first-order chi connectivity index (χ1) is 32.4. The van der Waals surface area contributed by atoms with Gasteiger partial charge in [0, 0.05) is 62.9 Å². The van der Waals surface area contributed by atoms with Gasteiger partial charge in [0.1, 0.15) is 36.4 Å². The molecule has 17 atom stereocenters. The van der Waals surface area contributed by atoms with E-state index in [2.05, 4.69) is 30.1 Å². The smallest absolute Gasteiger partial charge is 0.458 e. The molecule has 3 saturated heterocycles. The number of azide groups is 3. The molecular formula is C34H51N9O24P2. The van der Waals surface area contributed by atoms with Gasteiger partial charge in [-0.2, -0.15) is 0 Å². The highest BCUT2D eigenvalue weighted by Gasteiger charge is 2.56. The predicted octanol–water partition coefficient (Wildman–Crippen LogP) is 2.89. The van der Waals surface area contributed by atoms with Gasteiger partial charge in [0.15, 0.2) is 55.5 Å². The van der Waals surface area contributed by atoms with E-state index in [0.717, 1.165) is 41.5 Å². The molecule has 0 saturated carbocycles. The summed E-state index contributed by atoms with van der Waals surface area (Å²) in [4.78, 5) is 103. The number of phosphoric ester groups is 2. The van der Waals surface area contributed by atoms with Gasteiger partial charge in [-0.05, 0) is 29.4 Å². The van der Waals surface area contributed by atoms with Crippen LogP contribution in [0, 0.1) is 0 Å². The van der Waals surface area contributed by atoms with Crippen molar-refractivity contribution in [1.82, 2.24) is 0 Å². The van der Waals surface area contributed by atoms with E-state index in [4.69, 9.17) is 65.5 Å². The van der Waals surface area contributed by atoms with Crippen LogP contribution in [0.4, 0.5) is 0 Å². The number of carbonyl (C=O) groups excluding carboxylic acids is 6. The maximum Gasteiger partial charge on any atom is 0.474 e. The van der Waals surface area contributed by atoms with E-state index in [1.807, 2.05) is 0 Å². The number of esters is 6. The molecule has 3 heterocycles. The number of carbonyl (C=O) groups is 6. The van der Waals surface area contributed by atoms with Crippen molar-refractivity contribution in [3.63, 3.8) is 0 Å². The van der Waals surface area contributed by atoms with Crippen molar-refractivity contribution >= 4 is 51.5 Å². The molecule has 0 aliphatic carbocycles. The Balaban J connectivity index is 2.00. The average molecular weight is 1030 g/mol. The fourth-order valence-corrected chi connectivity index (χ4v) is 8.67. The van der Waals surface area contributed by atoms with Gasteiger partial charge < -0.3 is 57.2 Å². The Labute approximate surface area is 390 Å². The highest BCUT2D eigenvalue weighted by molar-refractivity contribution is 7.47. The summed E-state index contributed by atoms with van der Waals surface area (Å²) in [5, 5.41) is 10.5. The summed E-state index contributed by atoms with van der Waals surface area (Å²) in [7, 11) is -11.2. The van der Waals surface area contributed by atoms with E-state index in [1.54, 1.807) is 6.92 Å². The Morgan fingerprint density at radius 1 is 0.507 bits per heavy atom.